The number of guanidine groups is 1. The van der Waals surface area contributed by atoms with Gasteiger partial charge in [-0.1, -0.05) is 35.4 Å². The molecule has 0 bridgehead atoms. The van der Waals surface area contributed by atoms with Gasteiger partial charge in [0.05, 0.1) is 5.69 Å². The molecule has 136 valence electrons. The standard InChI is InChI=1S/C21H27N5/c1-16-12-17(2)14-18(13-16)7-9-23-21(22-3)24-10-8-19-15-26-11-5-4-6-20(26)25-19/h4-6,11-15H,7-10H2,1-3H3,(H2,22,23,24). The van der Waals surface area contributed by atoms with Gasteiger partial charge >= 0.3 is 0 Å². The highest BCUT2D eigenvalue weighted by molar-refractivity contribution is 5.79. The van der Waals surface area contributed by atoms with Crippen molar-refractivity contribution >= 4 is 11.6 Å². The first-order valence-corrected chi connectivity index (χ1v) is 9.08. The Labute approximate surface area is 155 Å². The van der Waals surface area contributed by atoms with Crippen LogP contribution in [0.2, 0.25) is 0 Å². The Morgan fingerprint density at radius 3 is 2.46 bits per heavy atom. The zero-order valence-electron chi connectivity index (χ0n) is 15.8. The molecule has 3 rings (SSSR count). The van der Waals surface area contributed by atoms with Gasteiger partial charge in [0.25, 0.3) is 0 Å². The van der Waals surface area contributed by atoms with Crippen molar-refractivity contribution in [3.05, 3.63) is 71.2 Å². The van der Waals surface area contributed by atoms with E-state index in [2.05, 4.69) is 58.9 Å². The molecular weight excluding hydrogens is 322 g/mol. The highest BCUT2D eigenvalue weighted by atomic mass is 15.2. The normalized spacial score (nSPS) is 11.7. The van der Waals surface area contributed by atoms with Gasteiger partial charge in [-0.05, 0) is 38.0 Å². The number of aryl methyl sites for hydroxylation is 2. The number of hydrogen-bond donors (Lipinski definition) is 2. The molecule has 1 aromatic carbocycles. The summed E-state index contributed by atoms with van der Waals surface area (Å²) in [6, 6.07) is 12.7. The lowest BCUT2D eigenvalue weighted by molar-refractivity contribution is 0.778. The molecule has 3 aromatic rings. The highest BCUT2D eigenvalue weighted by Gasteiger charge is 2.03. The molecule has 0 unspecified atom stereocenters. The fraction of sp³-hybridized carbons (Fsp3) is 0.333. The third kappa shape index (κ3) is 4.85. The van der Waals surface area contributed by atoms with Crippen LogP contribution in [-0.4, -0.2) is 35.5 Å². The summed E-state index contributed by atoms with van der Waals surface area (Å²) in [5.41, 5.74) is 6.05. The Kier molecular flexibility index (Phi) is 5.89. The molecule has 0 aliphatic heterocycles. The first kappa shape index (κ1) is 18.0. The smallest absolute Gasteiger partial charge is 0.190 e. The lowest BCUT2D eigenvalue weighted by Gasteiger charge is -2.12. The van der Waals surface area contributed by atoms with Crippen molar-refractivity contribution in [1.82, 2.24) is 20.0 Å². The van der Waals surface area contributed by atoms with Crippen molar-refractivity contribution in [2.24, 2.45) is 4.99 Å². The largest absolute Gasteiger partial charge is 0.356 e. The number of hydrogen-bond acceptors (Lipinski definition) is 2. The third-order valence-electron chi connectivity index (χ3n) is 4.30. The minimum absolute atomic E-state index is 0.799. The SMILES string of the molecule is CN=C(NCCc1cc(C)cc(C)c1)NCCc1cn2ccccc2n1. The van der Waals surface area contributed by atoms with Crippen LogP contribution in [0.25, 0.3) is 5.65 Å². The van der Waals surface area contributed by atoms with Crippen LogP contribution in [0.15, 0.2) is 53.8 Å². The summed E-state index contributed by atoms with van der Waals surface area (Å²) in [5, 5.41) is 6.74. The van der Waals surface area contributed by atoms with Gasteiger partial charge < -0.3 is 15.0 Å². The van der Waals surface area contributed by atoms with Crippen molar-refractivity contribution in [1.29, 1.82) is 0 Å². The summed E-state index contributed by atoms with van der Waals surface area (Å²) < 4.78 is 2.05. The van der Waals surface area contributed by atoms with E-state index in [0.29, 0.717) is 0 Å². The predicted molar refractivity (Wildman–Crippen MR) is 108 cm³/mol. The Hall–Kier alpha value is -2.82. The van der Waals surface area contributed by atoms with E-state index in [9.17, 15) is 0 Å². The van der Waals surface area contributed by atoms with Gasteiger partial charge in [0.2, 0.25) is 0 Å². The van der Waals surface area contributed by atoms with E-state index < -0.39 is 0 Å². The van der Waals surface area contributed by atoms with Crippen molar-refractivity contribution in [2.75, 3.05) is 20.1 Å². The first-order chi connectivity index (χ1) is 12.6. The molecular formula is C21H27N5. The Morgan fingerprint density at radius 2 is 1.77 bits per heavy atom. The van der Waals surface area contributed by atoms with Crippen molar-refractivity contribution < 1.29 is 0 Å². The molecule has 0 aliphatic carbocycles. The lowest BCUT2D eigenvalue weighted by Crippen LogP contribution is -2.39. The van der Waals surface area contributed by atoms with E-state index in [0.717, 1.165) is 43.2 Å². The van der Waals surface area contributed by atoms with E-state index in [1.54, 1.807) is 7.05 Å². The molecule has 5 heteroatoms. The van der Waals surface area contributed by atoms with E-state index in [1.807, 2.05) is 28.8 Å². The molecule has 26 heavy (non-hydrogen) atoms. The van der Waals surface area contributed by atoms with Crippen LogP contribution in [0.3, 0.4) is 0 Å². The van der Waals surface area contributed by atoms with E-state index in [-0.39, 0.29) is 0 Å². The number of nitrogens with one attached hydrogen (secondary N) is 2. The maximum atomic E-state index is 4.62. The molecule has 0 amide bonds. The van der Waals surface area contributed by atoms with Crippen LogP contribution in [0, 0.1) is 13.8 Å². The number of rotatable bonds is 6. The topological polar surface area (TPSA) is 53.7 Å². The van der Waals surface area contributed by atoms with Crippen LogP contribution in [0.1, 0.15) is 22.4 Å². The molecule has 0 fully saturated rings. The molecule has 0 radical (unpaired) electrons. The zero-order valence-corrected chi connectivity index (χ0v) is 15.8. The van der Waals surface area contributed by atoms with Gasteiger partial charge in [-0.25, -0.2) is 4.98 Å². The van der Waals surface area contributed by atoms with Crippen LogP contribution in [0.5, 0.6) is 0 Å². The summed E-state index contributed by atoms with van der Waals surface area (Å²) in [4.78, 5) is 8.91. The van der Waals surface area contributed by atoms with E-state index in [4.69, 9.17) is 0 Å². The summed E-state index contributed by atoms with van der Waals surface area (Å²) in [7, 11) is 1.80. The molecule has 0 spiro atoms. The molecule has 2 aromatic heterocycles. The maximum absolute atomic E-state index is 4.62. The van der Waals surface area contributed by atoms with Gasteiger partial charge in [0, 0.05) is 39.0 Å². The van der Waals surface area contributed by atoms with E-state index in [1.165, 1.54) is 16.7 Å². The molecule has 0 saturated carbocycles. The van der Waals surface area contributed by atoms with Gasteiger partial charge in [-0.3, -0.25) is 4.99 Å². The Morgan fingerprint density at radius 1 is 1.04 bits per heavy atom. The fourth-order valence-corrected chi connectivity index (χ4v) is 3.18. The van der Waals surface area contributed by atoms with Crippen LogP contribution >= 0.6 is 0 Å². The highest BCUT2D eigenvalue weighted by Crippen LogP contribution is 2.09. The second-order valence-electron chi connectivity index (χ2n) is 6.62. The number of pyridine rings is 1. The summed E-state index contributed by atoms with van der Waals surface area (Å²) in [6.45, 7) is 5.94. The number of fused-ring (bicyclic) bond motifs is 1. The average Bonchev–Trinajstić information content (AvgIpc) is 3.02. The molecule has 2 heterocycles. The zero-order chi connectivity index (χ0) is 18.4. The van der Waals surface area contributed by atoms with Crippen LogP contribution in [-0.2, 0) is 12.8 Å². The summed E-state index contributed by atoms with van der Waals surface area (Å²) in [5.74, 6) is 0.832. The lowest BCUT2D eigenvalue weighted by atomic mass is 10.1. The molecule has 5 nitrogen and oxygen atoms in total. The van der Waals surface area contributed by atoms with Gasteiger partial charge in [0.15, 0.2) is 5.96 Å². The Balaban J connectivity index is 1.44. The number of benzene rings is 1. The molecule has 0 saturated heterocycles. The van der Waals surface area contributed by atoms with Crippen molar-refractivity contribution in [3.8, 4) is 0 Å². The second kappa shape index (κ2) is 8.52. The number of aromatic nitrogens is 2. The van der Waals surface area contributed by atoms with Gasteiger partial charge in [-0.15, -0.1) is 0 Å². The van der Waals surface area contributed by atoms with E-state index >= 15 is 0 Å². The third-order valence-corrected chi connectivity index (χ3v) is 4.30. The van der Waals surface area contributed by atoms with Crippen molar-refractivity contribution in [3.63, 3.8) is 0 Å². The van der Waals surface area contributed by atoms with Gasteiger partial charge in [-0.2, -0.15) is 0 Å². The summed E-state index contributed by atoms with van der Waals surface area (Å²) in [6.07, 6.45) is 5.94. The number of imidazole rings is 1. The predicted octanol–water partition coefficient (Wildman–Crippen LogP) is 2.90. The molecule has 2 N–H and O–H groups in total. The number of nitrogens with zero attached hydrogens (tertiary/aromatic N) is 3. The molecule has 0 atom stereocenters. The minimum Gasteiger partial charge on any atom is -0.356 e. The quantitative estimate of drug-likeness (QED) is 0.531. The fourth-order valence-electron chi connectivity index (χ4n) is 3.18. The molecule has 0 aliphatic rings. The summed E-state index contributed by atoms with van der Waals surface area (Å²) >= 11 is 0. The second-order valence-corrected chi connectivity index (χ2v) is 6.62. The van der Waals surface area contributed by atoms with Crippen molar-refractivity contribution in [2.45, 2.75) is 26.7 Å². The maximum Gasteiger partial charge on any atom is 0.190 e. The minimum atomic E-state index is 0.799. The first-order valence-electron chi connectivity index (χ1n) is 9.08. The van der Waals surface area contributed by atoms with Crippen LogP contribution < -0.4 is 10.6 Å². The monoisotopic (exact) mass is 349 g/mol. The van der Waals surface area contributed by atoms with Crippen LogP contribution in [0.4, 0.5) is 0 Å². The van der Waals surface area contributed by atoms with Gasteiger partial charge in [0.1, 0.15) is 5.65 Å². The Bertz CT molecular complexity index is 841. The average molecular weight is 349 g/mol. The number of aliphatic imine (C=N–C) groups is 1.